The number of furan rings is 1. The summed E-state index contributed by atoms with van der Waals surface area (Å²) in [6.07, 6.45) is 1.59. The Hall–Kier alpha value is -3.44. The predicted octanol–water partition coefficient (Wildman–Crippen LogP) is 5.81. The molecule has 0 saturated heterocycles. The number of fused-ring (bicyclic) bond motifs is 2. The lowest BCUT2D eigenvalue weighted by atomic mass is 10.2. The van der Waals surface area contributed by atoms with Gasteiger partial charge in [-0.1, -0.05) is 18.2 Å². The van der Waals surface area contributed by atoms with Gasteiger partial charge in [-0.2, -0.15) is 15.0 Å². The minimum absolute atomic E-state index is 0.0385. The van der Waals surface area contributed by atoms with Crippen LogP contribution in [0.5, 0.6) is 11.5 Å². The van der Waals surface area contributed by atoms with E-state index in [1.165, 1.54) is 4.68 Å². The molecule has 0 unspecified atom stereocenters. The van der Waals surface area contributed by atoms with E-state index in [-0.39, 0.29) is 18.0 Å². The van der Waals surface area contributed by atoms with E-state index in [0.717, 1.165) is 18.1 Å². The van der Waals surface area contributed by atoms with Gasteiger partial charge in [0, 0.05) is 0 Å². The van der Waals surface area contributed by atoms with Crippen LogP contribution in [0.25, 0.3) is 33.5 Å². The highest BCUT2D eigenvalue weighted by molar-refractivity contribution is 14.1. The van der Waals surface area contributed by atoms with Gasteiger partial charge in [-0.3, -0.25) is 4.79 Å². The highest BCUT2D eigenvalue weighted by Gasteiger charge is 2.18. The summed E-state index contributed by atoms with van der Waals surface area (Å²) in [4.78, 5) is 18.2. The van der Waals surface area contributed by atoms with Crippen LogP contribution >= 0.6 is 45.2 Å². The summed E-state index contributed by atoms with van der Waals surface area (Å²) in [5.74, 6) is 1.95. The Morgan fingerprint density at radius 3 is 2.64 bits per heavy atom. The van der Waals surface area contributed by atoms with Crippen LogP contribution in [0, 0.1) is 18.5 Å². The first-order chi connectivity index (χ1) is 17.5. The summed E-state index contributed by atoms with van der Waals surface area (Å²) in [6, 6.07) is 20.1. The van der Waals surface area contributed by atoms with Crippen LogP contribution in [0.3, 0.4) is 0 Å². The summed E-state index contributed by atoms with van der Waals surface area (Å²) in [5, 5.41) is 14.5. The number of ether oxygens (including phenoxy) is 2. The van der Waals surface area contributed by atoms with Gasteiger partial charge in [-0.25, -0.2) is 4.98 Å². The second-order valence-electron chi connectivity index (χ2n) is 7.56. The fraction of sp³-hybridized carbons (Fsp3) is 0.0769. The van der Waals surface area contributed by atoms with Gasteiger partial charge in [0.1, 0.15) is 23.2 Å². The molecule has 3 aromatic carbocycles. The Balaban J connectivity index is 1.66. The molecule has 0 N–H and O–H groups in total. The average molecular weight is 702 g/mol. The van der Waals surface area contributed by atoms with Gasteiger partial charge in [-0.05, 0) is 93.2 Å². The topological polar surface area (TPSA) is 103 Å². The van der Waals surface area contributed by atoms with Crippen molar-refractivity contribution in [3.63, 3.8) is 0 Å². The first-order valence-electron chi connectivity index (χ1n) is 10.6. The number of para-hydroxylation sites is 1. The van der Waals surface area contributed by atoms with Crippen LogP contribution in [-0.4, -0.2) is 29.6 Å². The van der Waals surface area contributed by atoms with Crippen molar-refractivity contribution in [1.29, 1.82) is 5.26 Å². The zero-order valence-corrected chi connectivity index (χ0v) is 23.1. The van der Waals surface area contributed by atoms with Crippen molar-refractivity contribution in [3.8, 4) is 29.2 Å². The quantitative estimate of drug-likeness (QED) is 0.164. The maximum atomic E-state index is 13.5. The molecule has 0 aliphatic rings. The monoisotopic (exact) mass is 702 g/mol. The number of nitriles is 1. The van der Waals surface area contributed by atoms with Crippen LogP contribution in [0.4, 0.5) is 0 Å². The lowest BCUT2D eigenvalue weighted by molar-refractivity contribution is 0.363. The number of methoxy groups -OCH3 is 1. The second-order valence-corrected chi connectivity index (χ2v) is 9.88. The zero-order chi connectivity index (χ0) is 25.2. The molecule has 36 heavy (non-hydrogen) atoms. The molecule has 0 amide bonds. The molecule has 0 atom stereocenters. The van der Waals surface area contributed by atoms with E-state index < -0.39 is 0 Å². The molecule has 0 aliphatic carbocycles. The Bertz CT molecular complexity index is 1730. The lowest BCUT2D eigenvalue weighted by Gasteiger charge is -2.09. The lowest BCUT2D eigenvalue weighted by Crippen LogP contribution is -2.20. The molecule has 2 aromatic heterocycles. The Morgan fingerprint density at radius 1 is 1.11 bits per heavy atom. The highest BCUT2D eigenvalue weighted by atomic mass is 127. The second kappa shape index (κ2) is 10.3. The van der Waals surface area contributed by atoms with E-state index in [0.29, 0.717) is 33.7 Å². The first-order valence-corrected chi connectivity index (χ1v) is 12.8. The van der Waals surface area contributed by atoms with E-state index in [1.807, 2.05) is 42.5 Å². The van der Waals surface area contributed by atoms with E-state index in [4.69, 9.17) is 24.1 Å². The van der Waals surface area contributed by atoms with Crippen molar-refractivity contribution in [2.75, 3.05) is 13.7 Å². The molecular weight excluding hydrogens is 686 g/mol. The molecular formula is C26H16I2N4O4. The number of nitrogens with zero attached hydrogens (tertiary/aromatic N) is 4. The third-order valence-electron chi connectivity index (χ3n) is 5.34. The third kappa shape index (κ3) is 4.56. The molecule has 178 valence electrons. The normalized spacial score (nSPS) is 11.3. The summed E-state index contributed by atoms with van der Waals surface area (Å²) in [7, 11) is 1.59. The van der Waals surface area contributed by atoms with Crippen LogP contribution in [0.15, 0.2) is 75.0 Å². The number of halogens is 2. The molecule has 0 spiro atoms. The Labute approximate surface area is 232 Å². The molecule has 0 radical (unpaired) electrons. The zero-order valence-electron chi connectivity index (χ0n) is 18.7. The van der Waals surface area contributed by atoms with E-state index in [9.17, 15) is 4.79 Å². The van der Waals surface area contributed by atoms with Crippen molar-refractivity contribution in [3.05, 3.63) is 83.7 Å². The Kier molecular flexibility index (Phi) is 6.92. The summed E-state index contributed by atoms with van der Waals surface area (Å²) in [5.41, 5.74) is 1.59. The fourth-order valence-electron chi connectivity index (χ4n) is 3.73. The predicted molar refractivity (Wildman–Crippen MR) is 154 cm³/mol. The maximum absolute atomic E-state index is 13.5. The van der Waals surface area contributed by atoms with Crippen molar-refractivity contribution in [2.45, 2.75) is 0 Å². The minimum atomic E-state index is -0.322. The van der Waals surface area contributed by atoms with Crippen molar-refractivity contribution < 1.29 is 13.9 Å². The average Bonchev–Trinajstić information content (AvgIpc) is 3.32. The van der Waals surface area contributed by atoms with Gasteiger partial charge in [0.2, 0.25) is 5.82 Å². The molecule has 0 bridgehead atoms. The molecule has 5 rings (SSSR count). The molecule has 0 fully saturated rings. The summed E-state index contributed by atoms with van der Waals surface area (Å²) >= 11 is 4.29. The minimum Gasteiger partial charge on any atom is -0.496 e. The third-order valence-corrected chi connectivity index (χ3v) is 6.94. The van der Waals surface area contributed by atoms with E-state index in [1.54, 1.807) is 37.6 Å². The van der Waals surface area contributed by atoms with Gasteiger partial charge in [0.25, 0.3) is 5.56 Å². The molecule has 5 aromatic rings. The standard InChI is InChI=1S/C26H16I2N4O4/c1-34-21-7-4-8-22-17(21)13-23(36-22)25-31-20-6-3-2-5-16(20)26(33)32(25)30-14-15-11-18(27)24(19(28)12-15)35-10-9-29/h2-8,11-14H,10H2,1H3. The number of aromatic nitrogens is 2. The van der Waals surface area contributed by atoms with Crippen LogP contribution in [-0.2, 0) is 0 Å². The SMILES string of the molecule is COc1cccc2oc(-c3nc4ccccc4c(=O)n3N=Cc3cc(I)c(OCC#N)c(I)c3)cc12. The number of benzene rings is 3. The molecule has 0 aliphatic heterocycles. The van der Waals surface area contributed by atoms with E-state index >= 15 is 0 Å². The molecule has 0 saturated carbocycles. The molecule has 10 heteroatoms. The molecule has 2 heterocycles. The van der Waals surface area contributed by atoms with Gasteiger partial charge in [-0.15, -0.1) is 0 Å². The number of hydrogen-bond donors (Lipinski definition) is 0. The summed E-state index contributed by atoms with van der Waals surface area (Å²) in [6.45, 7) is -0.0385. The number of rotatable bonds is 6. The number of hydrogen-bond acceptors (Lipinski definition) is 7. The van der Waals surface area contributed by atoms with Gasteiger partial charge < -0.3 is 13.9 Å². The van der Waals surface area contributed by atoms with Crippen molar-refractivity contribution >= 4 is 73.3 Å². The van der Waals surface area contributed by atoms with Gasteiger partial charge >= 0.3 is 0 Å². The Morgan fingerprint density at radius 2 is 1.89 bits per heavy atom. The first kappa shape index (κ1) is 24.3. The van der Waals surface area contributed by atoms with Crippen LogP contribution in [0.2, 0.25) is 0 Å². The van der Waals surface area contributed by atoms with Crippen molar-refractivity contribution in [2.24, 2.45) is 5.10 Å². The largest absolute Gasteiger partial charge is 0.496 e. The smallest absolute Gasteiger partial charge is 0.282 e. The highest BCUT2D eigenvalue weighted by Crippen LogP contribution is 2.33. The van der Waals surface area contributed by atoms with Gasteiger partial charge in [0.05, 0.1) is 36.8 Å². The van der Waals surface area contributed by atoms with Crippen LogP contribution < -0.4 is 15.0 Å². The maximum Gasteiger partial charge on any atom is 0.282 e. The van der Waals surface area contributed by atoms with Crippen LogP contribution in [0.1, 0.15) is 5.56 Å². The van der Waals surface area contributed by atoms with Crippen molar-refractivity contribution in [1.82, 2.24) is 9.66 Å². The summed E-state index contributed by atoms with van der Waals surface area (Å²) < 4.78 is 19.9. The van der Waals surface area contributed by atoms with E-state index in [2.05, 4.69) is 50.3 Å². The fourth-order valence-corrected chi connectivity index (χ4v) is 5.86. The molecule has 8 nitrogen and oxygen atoms in total. The van der Waals surface area contributed by atoms with Gasteiger partial charge in [0.15, 0.2) is 12.4 Å².